The number of nitrogens with zero attached hydrogens (tertiary/aromatic N) is 1. The first-order valence-corrected chi connectivity index (χ1v) is 38.9. The molecule has 12 rings (SSSR count). The number of alkyl halides is 1. The largest absolute Gasteiger partial charge is 0.504 e. The van der Waals surface area contributed by atoms with Crippen molar-refractivity contribution in [2.24, 2.45) is 0 Å². The number of carbonyl (C=O) groups excluding carboxylic acids is 1. The number of methoxy groups -OCH3 is 4. The minimum atomic E-state index is -0.787. The average Bonchev–Trinajstić information content (AvgIpc) is 0.811. The van der Waals surface area contributed by atoms with Crippen molar-refractivity contribution in [3.05, 3.63) is 329 Å². The molecule has 10 aromatic rings. The number of ether oxygens (including phenoxy) is 4. The van der Waals surface area contributed by atoms with Crippen LogP contribution in [0.3, 0.4) is 0 Å². The average molecular weight is 1550 g/mol. The Balaban J connectivity index is 0.000000191. The highest BCUT2D eigenvalue weighted by atomic mass is 35.5. The predicted molar refractivity (Wildman–Crippen MR) is 441 cm³/mol. The predicted octanol–water partition coefficient (Wildman–Crippen LogP) is 18.3. The molecule has 1 amide bonds. The van der Waals surface area contributed by atoms with E-state index in [1.54, 1.807) is 85.4 Å². The molecule has 2 fully saturated rings. The quantitative estimate of drug-likeness (QED) is 0.0145. The van der Waals surface area contributed by atoms with E-state index in [0.717, 1.165) is 84.1 Å². The van der Waals surface area contributed by atoms with Crippen LogP contribution in [0.5, 0.6) is 28.7 Å². The summed E-state index contributed by atoms with van der Waals surface area (Å²) in [4.78, 5) is 34.6. The molecule has 21 heteroatoms. The Kier molecular flexibility index (Phi) is 34.9. The van der Waals surface area contributed by atoms with Crippen LogP contribution in [-0.4, -0.2) is 122 Å². The van der Waals surface area contributed by atoms with Gasteiger partial charge in [-0.1, -0.05) is 272 Å². The van der Waals surface area contributed by atoms with Crippen LogP contribution in [0.2, 0.25) is 0 Å². The number of carbonyl (C=O) groups is 3. The Hall–Kier alpha value is -8.41. The molecule has 2 saturated heterocycles. The van der Waals surface area contributed by atoms with Crippen molar-refractivity contribution in [2.45, 2.75) is 40.2 Å². The number of hydrogen-bond acceptors (Lipinski definition) is 16. The first-order valence-electron chi connectivity index (χ1n) is 33.1. The molecule has 542 valence electrons. The van der Waals surface area contributed by atoms with Crippen molar-refractivity contribution in [3.63, 3.8) is 0 Å². The number of aliphatic hydroxyl groups is 1. The molecule has 0 unspecified atom stereocenters. The number of phenols is 1. The number of rotatable bonds is 24. The summed E-state index contributed by atoms with van der Waals surface area (Å²) in [6.07, 6.45) is 0.717. The van der Waals surface area contributed by atoms with Gasteiger partial charge in [0.2, 0.25) is 5.91 Å². The third-order valence-electron chi connectivity index (χ3n) is 16.2. The van der Waals surface area contributed by atoms with Gasteiger partial charge in [0.1, 0.15) is 30.8 Å². The Morgan fingerprint density at radius 2 is 0.846 bits per heavy atom. The smallest absolute Gasteiger partial charge is 0.304 e. The van der Waals surface area contributed by atoms with E-state index in [-0.39, 0.29) is 31.1 Å². The summed E-state index contributed by atoms with van der Waals surface area (Å²) >= 11 is 27.7. The number of thiol groups is 1. The number of benzene rings is 10. The minimum absolute atomic E-state index is 0.0450. The second-order valence-electron chi connectivity index (χ2n) is 22.7. The number of amides is 1. The van der Waals surface area contributed by atoms with E-state index in [0.29, 0.717) is 40.3 Å². The summed E-state index contributed by atoms with van der Waals surface area (Å²) in [6, 6.07) is 90.7. The fourth-order valence-electron chi connectivity index (χ4n) is 11.1. The van der Waals surface area contributed by atoms with E-state index in [9.17, 15) is 14.4 Å². The number of carboxylic acids is 2. The normalized spacial score (nSPS) is 12.2. The molecular formula is C83H85ClN2O11S7. The van der Waals surface area contributed by atoms with Crippen LogP contribution in [0.4, 0.5) is 0 Å². The lowest BCUT2D eigenvalue weighted by atomic mass is 9.84. The lowest BCUT2D eigenvalue weighted by molar-refractivity contribution is -0.137. The zero-order valence-electron chi connectivity index (χ0n) is 58.1. The first kappa shape index (κ1) is 82.9. The monoisotopic (exact) mass is 1540 g/mol. The number of halogens is 1. The standard InChI is InChI=1S/C26H25NO2S3.C23H22O3S.C20H17ClO.C8H10O3.C3H5NS2.C3H6O2S/c1-29-23-14-12-22(13-15-23)26(20-8-4-2-5-9-20,21-10-6-3-7-11-21)32-18-16-24(28)27-17-19-31-25(27)30;1-26-21-14-12-20(13-15-21)23(27-17-16-22(24)25,18-8-4-2-5-9-18)19-10-6-3-7-11-19;1-22-19-14-12-18(13-15-19)20(21,16-8-4-2-5-9-16)17-10-6-3-7-11-17;1-11-8-4-6(5-9)2-3-7(8)10;5-3-4-1-2-6-3;4-3(5)1-2-6/h2-15H,16-19H2,1H3;2-15H,16-17H2,1H3,(H,24,25);2-15H,1H3;2-4,9-10H,5H2,1H3;1-2H2,(H,4,5);6H,1-2H2,(H,4,5). The lowest BCUT2D eigenvalue weighted by Crippen LogP contribution is -2.32. The van der Waals surface area contributed by atoms with Gasteiger partial charge in [-0.2, -0.15) is 12.6 Å². The van der Waals surface area contributed by atoms with Crippen molar-refractivity contribution < 1.29 is 53.8 Å². The van der Waals surface area contributed by atoms with Crippen molar-refractivity contribution >= 4 is 122 Å². The minimum Gasteiger partial charge on any atom is -0.504 e. The van der Waals surface area contributed by atoms with Gasteiger partial charge in [0.05, 0.1) is 57.4 Å². The zero-order chi connectivity index (χ0) is 74.6. The SMILES string of the molecule is COc1cc(CO)ccc1O.COc1ccc(C(Cl)(c2ccccc2)c2ccccc2)cc1.COc1ccc(C(SCCC(=O)N2CCSC2=S)(c2ccccc2)c2ccccc2)cc1.COc1ccc(C(SCCC(=O)O)(c2ccccc2)c2ccccc2)cc1.O=C(O)CCS.S=C1NCCS1. The third-order valence-corrected chi connectivity index (χ3v) is 22.9. The Bertz CT molecular complexity index is 4090. The summed E-state index contributed by atoms with van der Waals surface area (Å²) in [5.74, 6) is 5.10. The summed E-state index contributed by atoms with van der Waals surface area (Å²) < 4.78 is 21.5. The van der Waals surface area contributed by atoms with Crippen molar-refractivity contribution in [3.8, 4) is 28.7 Å². The topological polar surface area (TPSA) is 184 Å². The van der Waals surface area contributed by atoms with Crippen LogP contribution in [-0.2, 0) is 35.4 Å². The molecule has 5 N–H and O–H groups in total. The Labute approximate surface area is 648 Å². The van der Waals surface area contributed by atoms with Crippen LogP contribution in [0.25, 0.3) is 0 Å². The lowest BCUT2D eigenvalue weighted by Gasteiger charge is -2.35. The van der Waals surface area contributed by atoms with Crippen molar-refractivity contribution in [1.29, 1.82) is 0 Å². The maximum atomic E-state index is 12.8. The number of aromatic hydroxyl groups is 1. The molecule has 0 bridgehead atoms. The fraction of sp³-hybridized carbons (Fsp3) is 0.217. The molecule has 2 aliphatic rings. The van der Waals surface area contributed by atoms with Gasteiger partial charge in [0.25, 0.3) is 0 Å². The molecule has 2 heterocycles. The van der Waals surface area contributed by atoms with E-state index >= 15 is 0 Å². The number of thiocarbonyl (C=S) groups is 2. The van der Waals surface area contributed by atoms with Crippen LogP contribution in [0.15, 0.2) is 273 Å². The first-order chi connectivity index (χ1) is 50.5. The van der Waals surface area contributed by atoms with Gasteiger partial charge in [-0.3, -0.25) is 19.3 Å². The highest BCUT2D eigenvalue weighted by Gasteiger charge is 2.39. The van der Waals surface area contributed by atoms with Crippen LogP contribution in [0, 0.1) is 0 Å². The molecule has 10 aromatic carbocycles. The molecule has 104 heavy (non-hydrogen) atoms. The van der Waals surface area contributed by atoms with E-state index in [1.807, 2.05) is 133 Å². The fourth-order valence-corrected chi connectivity index (χ4v) is 16.8. The maximum Gasteiger partial charge on any atom is 0.304 e. The number of aliphatic carboxylic acids is 2. The zero-order valence-corrected chi connectivity index (χ0v) is 64.7. The second-order valence-corrected chi connectivity index (χ2v) is 29.9. The van der Waals surface area contributed by atoms with Crippen LogP contribution in [0.1, 0.15) is 74.9 Å². The molecular weight excluding hydrogens is 1460 g/mol. The second kappa shape index (κ2) is 43.8. The summed E-state index contributed by atoms with van der Waals surface area (Å²) in [5.41, 5.74) is 10.7. The summed E-state index contributed by atoms with van der Waals surface area (Å²) in [7, 11) is 6.46. The Morgan fingerprint density at radius 3 is 1.13 bits per heavy atom. The molecule has 0 atom stereocenters. The molecule has 0 aromatic heterocycles. The van der Waals surface area contributed by atoms with Crippen molar-refractivity contribution in [1.82, 2.24) is 10.2 Å². The third kappa shape index (κ3) is 23.5. The molecule has 0 spiro atoms. The van der Waals surface area contributed by atoms with E-state index in [1.165, 1.54) is 24.3 Å². The molecule has 13 nitrogen and oxygen atoms in total. The van der Waals surface area contributed by atoms with Gasteiger partial charge >= 0.3 is 11.9 Å². The van der Waals surface area contributed by atoms with Gasteiger partial charge < -0.3 is 44.7 Å². The van der Waals surface area contributed by atoms with Crippen molar-refractivity contribution in [2.75, 3.05) is 70.3 Å². The molecule has 2 aliphatic heterocycles. The van der Waals surface area contributed by atoms with Gasteiger partial charge in [-0.25, -0.2) is 0 Å². The number of thioether (sulfide) groups is 4. The number of carboxylic acid groups (broad SMARTS) is 2. The summed E-state index contributed by atoms with van der Waals surface area (Å²) in [5, 5.41) is 37.9. The van der Waals surface area contributed by atoms with Gasteiger partial charge in [-0.05, 0) is 104 Å². The molecule has 0 aliphatic carbocycles. The molecule has 0 saturated carbocycles. The van der Waals surface area contributed by atoms with Crippen LogP contribution >= 0.6 is 95.7 Å². The van der Waals surface area contributed by atoms with E-state index in [2.05, 4.69) is 139 Å². The van der Waals surface area contributed by atoms with Crippen LogP contribution < -0.4 is 24.3 Å². The van der Waals surface area contributed by atoms with Gasteiger partial charge in [-0.15, -0.1) is 35.1 Å². The van der Waals surface area contributed by atoms with Gasteiger partial charge in [0, 0.05) is 48.3 Å². The summed E-state index contributed by atoms with van der Waals surface area (Å²) in [6.45, 7) is 1.73. The number of aliphatic hydroxyl groups excluding tert-OH is 1. The number of hydrogen-bond donors (Lipinski definition) is 6. The number of nitrogens with one attached hydrogen (secondary N) is 1. The number of phenolic OH excluding ortho intramolecular Hbond substituents is 1. The highest BCUT2D eigenvalue weighted by molar-refractivity contribution is 8.23. The molecule has 0 radical (unpaired) electrons. The van der Waals surface area contributed by atoms with E-state index < -0.39 is 26.3 Å². The highest BCUT2D eigenvalue weighted by Crippen LogP contribution is 2.51. The van der Waals surface area contributed by atoms with Gasteiger partial charge in [0.15, 0.2) is 11.5 Å². The van der Waals surface area contributed by atoms with E-state index in [4.69, 9.17) is 75.4 Å². The maximum absolute atomic E-state index is 12.8. The Morgan fingerprint density at radius 1 is 0.490 bits per heavy atom.